The van der Waals surface area contributed by atoms with Crippen molar-refractivity contribution in [1.82, 2.24) is 9.88 Å². The molecule has 1 aromatic heterocycles. The number of phenolic OH excluding ortho intramolecular Hbond substituents is 1. The number of nitrogens with zero attached hydrogens (tertiary/aromatic N) is 1. The van der Waals surface area contributed by atoms with Gasteiger partial charge in [-0.15, -0.1) is 0 Å². The molecule has 1 aliphatic heterocycles. The van der Waals surface area contributed by atoms with Gasteiger partial charge in [0.05, 0.1) is 6.54 Å². The van der Waals surface area contributed by atoms with Gasteiger partial charge < -0.3 is 26.5 Å². The molecule has 1 atom stereocenters. The van der Waals surface area contributed by atoms with Gasteiger partial charge in [-0.25, -0.2) is 8.78 Å². The molecule has 0 spiro atoms. The van der Waals surface area contributed by atoms with Crippen LogP contribution in [0.2, 0.25) is 0 Å². The van der Waals surface area contributed by atoms with E-state index in [1.165, 1.54) is 6.07 Å². The molecule has 1 saturated heterocycles. The molecular weight excluding hydrogens is 366 g/mol. The van der Waals surface area contributed by atoms with Gasteiger partial charge in [0.25, 0.3) is 5.92 Å². The lowest BCUT2D eigenvalue weighted by molar-refractivity contribution is -0.128. The fourth-order valence-corrected chi connectivity index (χ4v) is 3.45. The first-order valence-corrected chi connectivity index (χ1v) is 8.74. The van der Waals surface area contributed by atoms with Crippen molar-refractivity contribution in [2.75, 3.05) is 12.3 Å². The Labute approximate surface area is 161 Å². The van der Waals surface area contributed by atoms with E-state index in [0.717, 1.165) is 11.0 Å². The molecular formula is C20H22F2N4O2. The largest absolute Gasteiger partial charge is 0.507 e. The summed E-state index contributed by atoms with van der Waals surface area (Å²) in [5.74, 6) is -3.10. The van der Waals surface area contributed by atoms with Crippen molar-refractivity contribution in [1.29, 1.82) is 0 Å². The molecule has 2 heterocycles. The van der Waals surface area contributed by atoms with Crippen LogP contribution in [0.1, 0.15) is 23.2 Å². The van der Waals surface area contributed by atoms with Crippen molar-refractivity contribution in [3.05, 3.63) is 59.8 Å². The lowest BCUT2D eigenvalue weighted by Gasteiger charge is -2.21. The van der Waals surface area contributed by atoms with Crippen LogP contribution in [0.4, 0.5) is 14.6 Å². The first kappa shape index (κ1) is 19.5. The molecule has 148 valence electrons. The zero-order valence-electron chi connectivity index (χ0n) is 15.2. The average molecular weight is 388 g/mol. The van der Waals surface area contributed by atoms with E-state index in [1.54, 1.807) is 30.3 Å². The van der Waals surface area contributed by atoms with Crippen molar-refractivity contribution < 1.29 is 18.7 Å². The minimum atomic E-state index is -2.93. The van der Waals surface area contributed by atoms with E-state index in [4.69, 9.17) is 11.5 Å². The summed E-state index contributed by atoms with van der Waals surface area (Å²) in [4.78, 5) is 16.0. The number of aromatic hydroxyl groups is 1. The van der Waals surface area contributed by atoms with Crippen molar-refractivity contribution in [3.63, 3.8) is 0 Å². The Bertz CT molecular complexity index is 936. The van der Waals surface area contributed by atoms with Crippen LogP contribution >= 0.6 is 0 Å². The van der Waals surface area contributed by atoms with Gasteiger partial charge in [0.1, 0.15) is 11.6 Å². The number of nitrogen functional groups attached to an aromatic ring is 1. The van der Waals surface area contributed by atoms with Crippen molar-refractivity contribution >= 4 is 23.5 Å². The molecule has 1 aliphatic rings. The number of phenols is 1. The van der Waals surface area contributed by atoms with Crippen molar-refractivity contribution in [2.24, 2.45) is 5.73 Å². The first-order chi connectivity index (χ1) is 13.2. The van der Waals surface area contributed by atoms with Crippen LogP contribution in [0.25, 0.3) is 11.8 Å². The number of aromatic amines is 1. The summed E-state index contributed by atoms with van der Waals surface area (Å²) in [6, 6.07) is 7.66. The first-order valence-electron chi connectivity index (χ1n) is 8.74. The monoisotopic (exact) mass is 388 g/mol. The summed E-state index contributed by atoms with van der Waals surface area (Å²) in [5.41, 5.74) is 14.0. The predicted molar refractivity (Wildman–Crippen MR) is 104 cm³/mol. The third-order valence-corrected chi connectivity index (χ3v) is 4.75. The number of alkyl halides is 2. The number of likely N-dealkylation sites (tertiary alicyclic amines) is 1. The molecule has 1 fully saturated rings. The molecule has 1 unspecified atom stereocenters. The van der Waals surface area contributed by atoms with Crippen molar-refractivity contribution in [3.8, 4) is 5.75 Å². The van der Waals surface area contributed by atoms with Gasteiger partial charge in [0.15, 0.2) is 0 Å². The standard InChI is InChI=1S/C20H22F2N4O2/c1-2-18(28)26-11-20(21,22)10-14(26)9-13-7-12(19(24)25-13)8-16(23)15-5-3-4-6-17(15)27/h2-8,14,25,27H,1,9-11,23-24H2/b16-8-. The SMILES string of the molecule is C=CC(=O)N1CC(F)(F)CC1Cc1cc(/C=C(\N)c2ccccc2O)c(N)[nH]1. The zero-order valence-corrected chi connectivity index (χ0v) is 15.2. The molecule has 3 rings (SSSR count). The predicted octanol–water partition coefficient (Wildman–Crippen LogP) is 2.72. The second-order valence-corrected chi connectivity index (χ2v) is 6.87. The van der Waals surface area contributed by atoms with Gasteiger partial charge in [-0.3, -0.25) is 4.79 Å². The van der Waals surface area contributed by atoms with E-state index >= 15 is 0 Å². The van der Waals surface area contributed by atoms with Gasteiger partial charge >= 0.3 is 0 Å². The van der Waals surface area contributed by atoms with Gasteiger partial charge in [0.2, 0.25) is 5.91 Å². The summed E-state index contributed by atoms with van der Waals surface area (Å²) >= 11 is 0. The number of anilines is 1. The van der Waals surface area contributed by atoms with Crippen LogP contribution in [-0.2, 0) is 11.2 Å². The maximum atomic E-state index is 13.8. The Morgan fingerprint density at radius 3 is 2.82 bits per heavy atom. The minimum absolute atomic E-state index is 0.0392. The number of carbonyl (C=O) groups excluding carboxylic acids is 1. The van der Waals surface area contributed by atoms with E-state index in [9.17, 15) is 18.7 Å². The van der Waals surface area contributed by atoms with Crippen LogP contribution in [0.5, 0.6) is 5.75 Å². The maximum Gasteiger partial charge on any atom is 0.267 e. The van der Waals surface area contributed by atoms with Crippen LogP contribution < -0.4 is 11.5 Å². The fourth-order valence-electron chi connectivity index (χ4n) is 3.45. The number of H-pyrrole nitrogens is 1. The summed E-state index contributed by atoms with van der Waals surface area (Å²) in [5, 5.41) is 9.90. The Hall–Kier alpha value is -3.29. The van der Waals surface area contributed by atoms with Gasteiger partial charge in [0, 0.05) is 41.4 Å². The Balaban J connectivity index is 1.82. The number of rotatable bonds is 5. The highest BCUT2D eigenvalue weighted by molar-refractivity contribution is 5.87. The number of amides is 1. The molecule has 28 heavy (non-hydrogen) atoms. The van der Waals surface area contributed by atoms with Gasteiger partial charge in [-0.05, 0) is 30.4 Å². The molecule has 1 amide bonds. The smallest absolute Gasteiger partial charge is 0.267 e. The summed E-state index contributed by atoms with van der Waals surface area (Å²) in [6.07, 6.45) is 2.42. The zero-order chi connectivity index (χ0) is 20.5. The number of para-hydroxylation sites is 1. The molecule has 8 heteroatoms. The second kappa shape index (κ2) is 7.38. The number of nitrogens with one attached hydrogen (secondary N) is 1. The van der Waals surface area contributed by atoms with Crippen LogP contribution in [-0.4, -0.2) is 39.4 Å². The van der Waals surface area contributed by atoms with Crippen LogP contribution in [0.15, 0.2) is 43.0 Å². The highest BCUT2D eigenvalue weighted by Crippen LogP contribution is 2.34. The van der Waals surface area contributed by atoms with E-state index in [2.05, 4.69) is 11.6 Å². The molecule has 2 aromatic rings. The third-order valence-electron chi connectivity index (χ3n) is 4.75. The normalized spacial score (nSPS) is 19.0. The molecule has 1 aromatic carbocycles. The van der Waals surface area contributed by atoms with Gasteiger partial charge in [-0.1, -0.05) is 18.7 Å². The second-order valence-electron chi connectivity index (χ2n) is 6.87. The summed E-state index contributed by atoms with van der Waals surface area (Å²) in [6.45, 7) is 2.76. The number of benzene rings is 1. The van der Waals surface area contributed by atoms with E-state index in [-0.39, 0.29) is 12.2 Å². The quantitative estimate of drug-likeness (QED) is 0.591. The molecule has 6 nitrogen and oxygen atoms in total. The molecule has 6 N–H and O–H groups in total. The fraction of sp³-hybridized carbons (Fsp3) is 0.250. The Morgan fingerprint density at radius 1 is 1.43 bits per heavy atom. The summed E-state index contributed by atoms with van der Waals surface area (Å²) in [7, 11) is 0. The number of hydrogen-bond acceptors (Lipinski definition) is 4. The van der Waals surface area contributed by atoms with Crippen LogP contribution in [0.3, 0.4) is 0 Å². The average Bonchev–Trinajstić information content (AvgIpc) is 3.13. The van der Waals surface area contributed by atoms with Crippen LogP contribution in [0, 0.1) is 0 Å². The Morgan fingerprint density at radius 2 is 2.14 bits per heavy atom. The molecule has 0 saturated carbocycles. The Kier molecular flexibility index (Phi) is 5.13. The van der Waals surface area contributed by atoms with Crippen molar-refractivity contribution in [2.45, 2.75) is 24.8 Å². The highest BCUT2D eigenvalue weighted by atomic mass is 19.3. The minimum Gasteiger partial charge on any atom is -0.507 e. The van der Waals surface area contributed by atoms with Gasteiger partial charge in [-0.2, -0.15) is 0 Å². The maximum absolute atomic E-state index is 13.8. The number of halogens is 2. The number of carbonyl (C=O) groups is 1. The molecule has 0 aliphatic carbocycles. The highest BCUT2D eigenvalue weighted by Gasteiger charge is 2.46. The molecule has 0 radical (unpaired) electrons. The van der Waals surface area contributed by atoms with E-state index in [0.29, 0.717) is 28.3 Å². The van der Waals surface area contributed by atoms with E-state index < -0.39 is 30.8 Å². The number of nitrogens with two attached hydrogens (primary N) is 2. The summed E-state index contributed by atoms with van der Waals surface area (Å²) < 4.78 is 27.6. The molecule has 0 bridgehead atoms. The van der Waals surface area contributed by atoms with E-state index in [1.807, 2.05) is 0 Å². The lowest BCUT2D eigenvalue weighted by Crippen LogP contribution is -2.36. The topological polar surface area (TPSA) is 108 Å². The number of aromatic nitrogens is 1. The number of hydrogen-bond donors (Lipinski definition) is 4. The third kappa shape index (κ3) is 4.00. The lowest BCUT2D eigenvalue weighted by atomic mass is 10.1.